The molecule has 0 bridgehead atoms. The van der Waals surface area contributed by atoms with Gasteiger partial charge in [-0.2, -0.15) is 5.10 Å². The zero-order valence-electron chi connectivity index (χ0n) is 19.9. The lowest BCUT2D eigenvalue weighted by Crippen LogP contribution is -2.25. The lowest BCUT2D eigenvalue weighted by atomic mass is 9.87. The molecule has 0 unspecified atom stereocenters. The Hall–Kier alpha value is -3.45. The van der Waals surface area contributed by atoms with E-state index in [0.717, 1.165) is 52.3 Å². The third kappa shape index (κ3) is 5.31. The number of fused-ring (bicyclic) bond motifs is 1. The summed E-state index contributed by atoms with van der Waals surface area (Å²) in [7, 11) is 5.26. The molecule has 4 rings (SSSR count). The number of aromatic nitrogens is 4. The second kappa shape index (κ2) is 10.0. The molecule has 0 fully saturated rings. The fourth-order valence-electron chi connectivity index (χ4n) is 4.01. The van der Waals surface area contributed by atoms with Crippen molar-refractivity contribution in [2.75, 3.05) is 20.8 Å². The van der Waals surface area contributed by atoms with Crippen LogP contribution < -0.4 is 14.8 Å². The quantitative estimate of drug-likeness (QED) is 0.407. The average Bonchev–Trinajstić information content (AvgIpc) is 3.26. The standard InChI is InChI=1S/C26H31N5O2/c1-17(2)27-9-8-23(19-10-21(32-4)13-22(11-19)33-5)18-6-7-24-25(12-18)30-26(15-28-24)20-14-29-31(3)16-20/h6-7,10-17,23,27H,8-9H2,1-5H3/t23-/m1/s1. The molecule has 2 heterocycles. The number of nitrogens with one attached hydrogen (secondary N) is 1. The first-order valence-corrected chi connectivity index (χ1v) is 11.2. The molecular formula is C26H31N5O2. The van der Waals surface area contributed by atoms with Crippen molar-refractivity contribution >= 4 is 11.0 Å². The molecule has 0 amide bonds. The maximum atomic E-state index is 5.54. The smallest absolute Gasteiger partial charge is 0.122 e. The van der Waals surface area contributed by atoms with E-state index in [-0.39, 0.29) is 5.92 Å². The fourth-order valence-corrected chi connectivity index (χ4v) is 4.01. The number of ether oxygens (including phenoxy) is 2. The Morgan fingerprint density at radius 3 is 2.33 bits per heavy atom. The Morgan fingerprint density at radius 2 is 1.70 bits per heavy atom. The van der Waals surface area contributed by atoms with Crippen molar-refractivity contribution in [2.24, 2.45) is 7.05 Å². The highest BCUT2D eigenvalue weighted by Crippen LogP contribution is 2.34. The molecule has 172 valence electrons. The third-order valence-corrected chi connectivity index (χ3v) is 5.73. The maximum Gasteiger partial charge on any atom is 0.122 e. The highest BCUT2D eigenvalue weighted by atomic mass is 16.5. The van der Waals surface area contributed by atoms with Gasteiger partial charge in [-0.15, -0.1) is 0 Å². The van der Waals surface area contributed by atoms with Crippen molar-refractivity contribution < 1.29 is 9.47 Å². The Morgan fingerprint density at radius 1 is 0.939 bits per heavy atom. The van der Waals surface area contributed by atoms with Crippen LogP contribution in [0.25, 0.3) is 22.3 Å². The van der Waals surface area contributed by atoms with Gasteiger partial charge < -0.3 is 14.8 Å². The Bertz CT molecular complexity index is 1210. The van der Waals surface area contributed by atoms with Crippen molar-refractivity contribution in [2.45, 2.75) is 32.2 Å². The lowest BCUT2D eigenvalue weighted by Gasteiger charge is -2.21. The molecule has 0 spiro atoms. The molecule has 0 radical (unpaired) electrons. The van der Waals surface area contributed by atoms with E-state index in [1.54, 1.807) is 25.1 Å². The molecule has 4 aromatic rings. The van der Waals surface area contributed by atoms with Crippen molar-refractivity contribution in [1.29, 1.82) is 0 Å². The van der Waals surface area contributed by atoms with E-state index in [4.69, 9.17) is 14.5 Å². The van der Waals surface area contributed by atoms with Crippen LogP contribution in [0.3, 0.4) is 0 Å². The maximum absolute atomic E-state index is 5.54. The van der Waals surface area contributed by atoms with E-state index in [1.165, 1.54) is 5.56 Å². The normalized spacial score (nSPS) is 12.3. The highest BCUT2D eigenvalue weighted by Gasteiger charge is 2.18. The second-order valence-corrected chi connectivity index (χ2v) is 8.50. The first-order chi connectivity index (χ1) is 16.0. The van der Waals surface area contributed by atoms with Gasteiger partial charge in [-0.25, -0.2) is 4.98 Å². The Balaban J connectivity index is 1.76. The molecule has 7 heteroatoms. The molecule has 2 aromatic heterocycles. The Labute approximate surface area is 194 Å². The zero-order chi connectivity index (χ0) is 23.4. The summed E-state index contributed by atoms with van der Waals surface area (Å²) in [5.74, 6) is 1.71. The van der Waals surface area contributed by atoms with Gasteiger partial charge in [-0.05, 0) is 48.4 Å². The van der Waals surface area contributed by atoms with E-state index >= 15 is 0 Å². The monoisotopic (exact) mass is 445 g/mol. The topological polar surface area (TPSA) is 74.1 Å². The minimum atomic E-state index is 0.147. The molecule has 0 aliphatic rings. The van der Waals surface area contributed by atoms with E-state index in [9.17, 15) is 0 Å². The molecule has 0 saturated heterocycles. The van der Waals surface area contributed by atoms with Gasteiger partial charge in [0, 0.05) is 36.8 Å². The van der Waals surface area contributed by atoms with Crippen LogP contribution in [0.5, 0.6) is 11.5 Å². The van der Waals surface area contributed by atoms with Crippen molar-refractivity contribution in [1.82, 2.24) is 25.1 Å². The minimum Gasteiger partial charge on any atom is -0.497 e. The van der Waals surface area contributed by atoms with E-state index in [1.807, 2.05) is 31.6 Å². The van der Waals surface area contributed by atoms with E-state index < -0.39 is 0 Å². The first kappa shape index (κ1) is 22.7. The molecule has 7 nitrogen and oxygen atoms in total. The lowest BCUT2D eigenvalue weighted by molar-refractivity contribution is 0.392. The second-order valence-electron chi connectivity index (χ2n) is 8.50. The van der Waals surface area contributed by atoms with Gasteiger partial charge in [0.05, 0.1) is 43.3 Å². The zero-order valence-corrected chi connectivity index (χ0v) is 19.9. The summed E-state index contributed by atoms with van der Waals surface area (Å²) in [5.41, 5.74) is 5.83. The molecule has 0 saturated carbocycles. The van der Waals surface area contributed by atoms with E-state index in [2.05, 4.69) is 53.5 Å². The summed E-state index contributed by atoms with van der Waals surface area (Å²) in [6.07, 6.45) is 6.48. The van der Waals surface area contributed by atoms with Gasteiger partial charge >= 0.3 is 0 Å². The summed E-state index contributed by atoms with van der Waals surface area (Å²) < 4.78 is 12.8. The third-order valence-electron chi connectivity index (χ3n) is 5.73. The van der Waals surface area contributed by atoms with Crippen LogP contribution in [0, 0.1) is 0 Å². The number of hydrogen-bond donors (Lipinski definition) is 1. The number of methoxy groups -OCH3 is 2. The van der Waals surface area contributed by atoms with Crippen molar-refractivity contribution in [3.8, 4) is 22.8 Å². The van der Waals surface area contributed by atoms with Gasteiger partial charge in [0.15, 0.2) is 0 Å². The van der Waals surface area contributed by atoms with Crippen LogP contribution in [0.15, 0.2) is 55.0 Å². The van der Waals surface area contributed by atoms with Crippen LogP contribution in [-0.4, -0.2) is 46.6 Å². The van der Waals surface area contributed by atoms with Crippen LogP contribution in [0.1, 0.15) is 37.3 Å². The molecular weight excluding hydrogens is 414 g/mol. The van der Waals surface area contributed by atoms with Crippen LogP contribution in [0.2, 0.25) is 0 Å². The van der Waals surface area contributed by atoms with Gasteiger partial charge in [0.1, 0.15) is 11.5 Å². The predicted molar refractivity (Wildman–Crippen MR) is 131 cm³/mol. The molecule has 0 aliphatic heterocycles. The fraction of sp³-hybridized carbons (Fsp3) is 0.346. The summed E-state index contributed by atoms with van der Waals surface area (Å²) in [4.78, 5) is 9.52. The SMILES string of the molecule is COc1cc(OC)cc([C@H](CCNC(C)C)c2ccc3ncc(-c4cnn(C)c4)nc3c2)c1. The number of hydrogen-bond acceptors (Lipinski definition) is 6. The number of rotatable bonds is 9. The number of nitrogens with zero attached hydrogens (tertiary/aromatic N) is 4. The van der Waals surface area contributed by atoms with Crippen molar-refractivity contribution in [3.63, 3.8) is 0 Å². The predicted octanol–water partition coefficient (Wildman–Crippen LogP) is 4.57. The highest BCUT2D eigenvalue weighted by molar-refractivity contribution is 5.78. The molecule has 1 atom stereocenters. The molecule has 0 aliphatic carbocycles. The summed E-state index contributed by atoms with van der Waals surface area (Å²) in [6, 6.07) is 12.8. The summed E-state index contributed by atoms with van der Waals surface area (Å²) >= 11 is 0. The van der Waals surface area contributed by atoms with Crippen LogP contribution >= 0.6 is 0 Å². The van der Waals surface area contributed by atoms with Crippen LogP contribution in [0.4, 0.5) is 0 Å². The Kier molecular flexibility index (Phi) is 6.89. The van der Waals surface area contributed by atoms with Gasteiger partial charge in [0.2, 0.25) is 0 Å². The first-order valence-electron chi connectivity index (χ1n) is 11.2. The van der Waals surface area contributed by atoms with E-state index in [0.29, 0.717) is 6.04 Å². The molecule has 2 aromatic carbocycles. The average molecular weight is 446 g/mol. The van der Waals surface area contributed by atoms with Crippen LogP contribution in [-0.2, 0) is 7.05 Å². The number of benzene rings is 2. The largest absolute Gasteiger partial charge is 0.497 e. The van der Waals surface area contributed by atoms with Gasteiger partial charge in [0.25, 0.3) is 0 Å². The molecule has 1 N–H and O–H groups in total. The van der Waals surface area contributed by atoms with Gasteiger partial charge in [-0.1, -0.05) is 19.9 Å². The summed E-state index contributed by atoms with van der Waals surface area (Å²) in [6.45, 7) is 5.21. The minimum absolute atomic E-state index is 0.147. The van der Waals surface area contributed by atoms with Crippen molar-refractivity contribution in [3.05, 3.63) is 66.1 Å². The number of aryl methyl sites for hydroxylation is 1. The summed E-state index contributed by atoms with van der Waals surface area (Å²) in [5, 5.41) is 7.80. The molecule has 33 heavy (non-hydrogen) atoms. The van der Waals surface area contributed by atoms with Gasteiger partial charge in [-0.3, -0.25) is 9.67 Å².